The summed E-state index contributed by atoms with van der Waals surface area (Å²) in [4.78, 5) is 4.96. The van der Waals surface area contributed by atoms with E-state index in [0.29, 0.717) is 0 Å². The van der Waals surface area contributed by atoms with Crippen LogP contribution in [0.15, 0.2) is 109 Å². The maximum atomic E-state index is 6.51. The molecule has 0 aliphatic carbocycles. The highest BCUT2D eigenvalue weighted by Crippen LogP contribution is 2.32. The fourth-order valence-corrected chi connectivity index (χ4v) is 4.88. The maximum absolute atomic E-state index is 6.51. The number of methoxy groups -OCH3 is 2. The molecule has 0 radical (unpaired) electrons. The quantitative estimate of drug-likeness (QED) is 0.254. The van der Waals surface area contributed by atoms with E-state index in [-0.39, 0.29) is 12.1 Å². The van der Waals surface area contributed by atoms with E-state index in [4.69, 9.17) is 14.2 Å². The number of anilines is 1. The molecule has 4 aromatic rings. The molecule has 0 N–H and O–H groups in total. The molecule has 1 saturated heterocycles. The zero-order valence-electron chi connectivity index (χ0n) is 21.5. The second-order valence-corrected chi connectivity index (χ2v) is 9.39. The molecule has 1 aliphatic rings. The summed E-state index contributed by atoms with van der Waals surface area (Å²) >= 11 is 0. The molecule has 37 heavy (non-hydrogen) atoms. The molecular weight excluding hydrogens is 460 g/mol. The molecule has 0 spiro atoms. The molecule has 1 aliphatic heterocycles. The molecule has 0 unspecified atom stereocenters. The first-order valence-electron chi connectivity index (χ1n) is 12.7. The lowest BCUT2D eigenvalue weighted by molar-refractivity contribution is 0.0835. The second-order valence-electron chi connectivity index (χ2n) is 9.39. The Morgan fingerprint density at radius 2 is 1.14 bits per heavy atom. The second kappa shape index (κ2) is 11.8. The smallest absolute Gasteiger partial charge is 0.138 e. The van der Waals surface area contributed by atoms with E-state index in [1.807, 2.05) is 36.4 Å². The Bertz CT molecular complexity index is 1190. The van der Waals surface area contributed by atoms with Gasteiger partial charge in [-0.25, -0.2) is 0 Å². The summed E-state index contributed by atoms with van der Waals surface area (Å²) in [6.45, 7) is 3.44. The van der Waals surface area contributed by atoms with Crippen molar-refractivity contribution in [3.05, 3.63) is 120 Å². The van der Waals surface area contributed by atoms with Crippen LogP contribution in [0, 0.1) is 0 Å². The van der Waals surface area contributed by atoms with E-state index in [1.54, 1.807) is 14.2 Å². The number of nitrogens with zero attached hydrogens (tertiary/aromatic N) is 2. The van der Waals surface area contributed by atoms with E-state index in [1.165, 1.54) is 16.8 Å². The molecule has 5 nitrogen and oxygen atoms in total. The van der Waals surface area contributed by atoms with Crippen LogP contribution in [0.2, 0.25) is 0 Å². The van der Waals surface area contributed by atoms with Gasteiger partial charge in [-0.15, -0.1) is 0 Å². The zero-order valence-corrected chi connectivity index (χ0v) is 21.5. The first kappa shape index (κ1) is 24.7. The first-order valence-corrected chi connectivity index (χ1v) is 12.7. The Morgan fingerprint density at radius 1 is 0.649 bits per heavy atom. The topological polar surface area (TPSA) is 34.2 Å². The zero-order chi connectivity index (χ0) is 25.5. The van der Waals surface area contributed by atoms with Gasteiger partial charge in [0.2, 0.25) is 0 Å². The number of hydrogen-bond donors (Lipinski definition) is 0. The van der Waals surface area contributed by atoms with Crippen molar-refractivity contribution in [1.82, 2.24) is 4.90 Å². The van der Waals surface area contributed by atoms with Gasteiger partial charge in [0, 0.05) is 25.3 Å². The van der Waals surface area contributed by atoms with Gasteiger partial charge in [0.1, 0.15) is 23.4 Å². The van der Waals surface area contributed by atoms with Crippen molar-refractivity contribution in [3.8, 4) is 17.2 Å². The number of benzene rings is 4. The van der Waals surface area contributed by atoms with Crippen LogP contribution < -0.4 is 19.1 Å². The van der Waals surface area contributed by atoms with Gasteiger partial charge in [0.05, 0.1) is 26.8 Å². The van der Waals surface area contributed by atoms with Crippen LogP contribution in [0.25, 0.3) is 0 Å². The number of rotatable bonds is 11. The van der Waals surface area contributed by atoms with Crippen molar-refractivity contribution in [2.24, 2.45) is 0 Å². The Hall–Kier alpha value is -3.96. The molecule has 190 valence electrons. The summed E-state index contributed by atoms with van der Waals surface area (Å²) in [5, 5.41) is 0. The van der Waals surface area contributed by atoms with Crippen LogP contribution >= 0.6 is 0 Å². The molecule has 5 heteroatoms. The minimum absolute atomic E-state index is 0.0737. The molecule has 0 bridgehead atoms. The third kappa shape index (κ3) is 6.25. The molecule has 0 amide bonds. The molecule has 4 aromatic carbocycles. The monoisotopic (exact) mass is 494 g/mol. The van der Waals surface area contributed by atoms with Crippen molar-refractivity contribution in [2.45, 2.75) is 25.2 Å². The highest BCUT2D eigenvalue weighted by molar-refractivity contribution is 5.53. The van der Waals surface area contributed by atoms with Crippen LogP contribution in [-0.2, 0) is 13.1 Å². The van der Waals surface area contributed by atoms with Crippen LogP contribution in [0.5, 0.6) is 17.2 Å². The molecule has 5 rings (SSSR count). The lowest BCUT2D eigenvalue weighted by Crippen LogP contribution is -2.66. The summed E-state index contributed by atoms with van der Waals surface area (Å²) in [7, 11) is 3.38. The van der Waals surface area contributed by atoms with Gasteiger partial charge in [0.25, 0.3) is 0 Å². The molecular formula is C32H34N2O3. The Kier molecular flexibility index (Phi) is 7.92. The summed E-state index contributed by atoms with van der Waals surface area (Å²) in [6, 6.07) is 37.7. The predicted octanol–water partition coefficient (Wildman–Crippen LogP) is 6.04. The van der Waals surface area contributed by atoms with Crippen LogP contribution in [0.4, 0.5) is 5.69 Å². The van der Waals surface area contributed by atoms with Gasteiger partial charge in [-0.3, -0.25) is 4.90 Å². The Labute approximate surface area is 219 Å². The minimum Gasteiger partial charge on any atom is -0.497 e. The molecule has 0 aromatic heterocycles. The fourth-order valence-electron chi connectivity index (χ4n) is 4.88. The highest BCUT2D eigenvalue weighted by Gasteiger charge is 2.42. The fraction of sp³-hybridized carbons (Fsp3) is 0.250. The number of ether oxygens (including phenoxy) is 3. The minimum atomic E-state index is 0.0737. The van der Waals surface area contributed by atoms with Crippen LogP contribution in [0.1, 0.15) is 11.1 Å². The van der Waals surface area contributed by atoms with Crippen molar-refractivity contribution in [1.29, 1.82) is 0 Å². The van der Waals surface area contributed by atoms with Gasteiger partial charge >= 0.3 is 0 Å². The molecule has 1 fully saturated rings. The van der Waals surface area contributed by atoms with Crippen LogP contribution in [0.3, 0.4) is 0 Å². The predicted molar refractivity (Wildman–Crippen MR) is 149 cm³/mol. The molecule has 1 heterocycles. The highest BCUT2D eigenvalue weighted by atomic mass is 16.5. The van der Waals surface area contributed by atoms with Crippen molar-refractivity contribution in [2.75, 3.05) is 32.2 Å². The lowest BCUT2D eigenvalue weighted by Gasteiger charge is -2.50. The molecule has 2 atom stereocenters. The summed E-state index contributed by atoms with van der Waals surface area (Å²) in [5.74, 6) is 2.55. The van der Waals surface area contributed by atoms with E-state index < -0.39 is 0 Å². The van der Waals surface area contributed by atoms with E-state index >= 15 is 0 Å². The summed E-state index contributed by atoms with van der Waals surface area (Å²) in [6.07, 6.45) is 0.0737. The third-order valence-corrected chi connectivity index (χ3v) is 6.90. The Morgan fingerprint density at radius 3 is 1.65 bits per heavy atom. The largest absolute Gasteiger partial charge is 0.497 e. The van der Waals surface area contributed by atoms with Crippen molar-refractivity contribution in [3.63, 3.8) is 0 Å². The standard InChI is InChI=1S/C32H34N2O3/c1-35-28-15-13-27(14-16-28)34-24-32(37-30-19-17-29(36-2)18-20-30)31(34)23-33(21-25-9-5-3-6-10-25)22-26-11-7-4-8-12-26/h3-20,31-32H,21-24H2,1-2H3/t31-,32-/m1/s1. The van der Waals surface area contributed by atoms with Gasteiger partial charge in [-0.1, -0.05) is 60.7 Å². The van der Waals surface area contributed by atoms with E-state index in [9.17, 15) is 0 Å². The van der Waals surface area contributed by atoms with Gasteiger partial charge in [-0.2, -0.15) is 0 Å². The first-order chi connectivity index (χ1) is 18.2. The normalized spacial score (nSPS) is 16.8. The summed E-state index contributed by atoms with van der Waals surface area (Å²) in [5.41, 5.74) is 3.79. The lowest BCUT2D eigenvalue weighted by atomic mass is 9.96. The number of hydrogen-bond acceptors (Lipinski definition) is 5. The average molecular weight is 495 g/mol. The van der Waals surface area contributed by atoms with E-state index in [0.717, 1.165) is 43.4 Å². The maximum Gasteiger partial charge on any atom is 0.138 e. The third-order valence-electron chi connectivity index (χ3n) is 6.90. The Balaban J connectivity index is 1.38. The van der Waals surface area contributed by atoms with Gasteiger partial charge in [0.15, 0.2) is 0 Å². The van der Waals surface area contributed by atoms with Crippen molar-refractivity contribution < 1.29 is 14.2 Å². The van der Waals surface area contributed by atoms with E-state index in [2.05, 4.69) is 82.6 Å². The van der Waals surface area contributed by atoms with Crippen molar-refractivity contribution >= 4 is 5.69 Å². The SMILES string of the molecule is COc1ccc(O[C@@H]2CN(c3ccc(OC)cc3)[C@@H]2CN(Cc2ccccc2)Cc2ccccc2)cc1. The molecule has 0 saturated carbocycles. The van der Waals surface area contributed by atoms with Gasteiger partial charge in [-0.05, 0) is 59.7 Å². The van der Waals surface area contributed by atoms with Crippen LogP contribution in [-0.4, -0.2) is 44.4 Å². The van der Waals surface area contributed by atoms with Gasteiger partial charge < -0.3 is 19.1 Å². The average Bonchev–Trinajstić information content (AvgIpc) is 2.95. The summed E-state index contributed by atoms with van der Waals surface area (Å²) < 4.78 is 17.2.